The molecule has 0 spiro atoms. The zero-order chi connectivity index (χ0) is 17.5. The van der Waals surface area contributed by atoms with Crippen molar-refractivity contribution in [2.75, 3.05) is 6.26 Å². The van der Waals surface area contributed by atoms with Gasteiger partial charge in [-0.25, -0.2) is 0 Å². The minimum atomic E-state index is 1.02. The zero-order valence-electron chi connectivity index (χ0n) is 14.4. The third-order valence-electron chi connectivity index (χ3n) is 4.99. The molecule has 0 aliphatic heterocycles. The van der Waals surface area contributed by atoms with E-state index in [1.54, 1.807) is 11.8 Å². The summed E-state index contributed by atoms with van der Waals surface area (Å²) in [6.07, 6.45) is 4.08. The molecule has 0 aliphatic rings. The summed E-state index contributed by atoms with van der Waals surface area (Å²) >= 11 is 1.75. The van der Waals surface area contributed by atoms with Crippen molar-refractivity contribution in [3.05, 3.63) is 84.4 Å². The van der Waals surface area contributed by atoms with E-state index in [1.807, 2.05) is 6.21 Å². The molecular weight excluding hydrogens is 334 g/mol. The van der Waals surface area contributed by atoms with Crippen molar-refractivity contribution in [3.63, 3.8) is 0 Å². The second-order valence-electron chi connectivity index (χ2n) is 6.44. The lowest BCUT2D eigenvalue weighted by molar-refractivity contribution is 1.43. The van der Waals surface area contributed by atoms with E-state index in [2.05, 4.69) is 85.1 Å². The van der Waals surface area contributed by atoms with Crippen LogP contribution in [-0.4, -0.2) is 12.5 Å². The smallest absolute Gasteiger partial charge is 0.0708 e. The van der Waals surface area contributed by atoms with Gasteiger partial charge >= 0.3 is 0 Å². The highest BCUT2D eigenvalue weighted by Crippen LogP contribution is 2.38. The van der Waals surface area contributed by atoms with Crippen LogP contribution in [-0.2, 0) is 0 Å². The lowest BCUT2D eigenvalue weighted by Gasteiger charge is -2.12. The highest BCUT2D eigenvalue weighted by molar-refractivity contribution is 7.98. The Morgan fingerprint density at radius 1 is 0.692 bits per heavy atom. The Morgan fingerprint density at radius 2 is 1.38 bits per heavy atom. The minimum absolute atomic E-state index is 1.02. The minimum Gasteiger partial charge on any atom is -0.256 e. The van der Waals surface area contributed by atoms with Crippen LogP contribution in [0.5, 0.6) is 0 Å². The normalized spacial score (nSPS) is 12.0. The van der Waals surface area contributed by atoms with Gasteiger partial charge in [0.25, 0.3) is 0 Å². The summed E-state index contributed by atoms with van der Waals surface area (Å²) in [5, 5.41) is 7.71. The van der Waals surface area contributed by atoms with Crippen LogP contribution in [0.15, 0.2) is 88.8 Å². The molecule has 0 aliphatic carbocycles. The predicted octanol–water partition coefficient (Wildman–Crippen LogP) is 7.06. The molecule has 2 heteroatoms. The van der Waals surface area contributed by atoms with Gasteiger partial charge in [0.05, 0.1) is 5.69 Å². The van der Waals surface area contributed by atoms with Gasteiger partial charge in [-0.05, 0) is 45.3 Å². The van der Waals surface area contributed by atoms with Crippen LogP contribution in [0.25, 0.3) is 32.3 Å². The molecule has 0 aromatic heterocycles. The Labute approximate surface area is 156 Å². The topological polar surface area (TPSA) is 12.4 Å². The first-order valence-electron chi connectivity index (χ1n) is 8.69. The lowest BCUT2D eigenvalue weighted by atomic mass is 9.93. The molecule has 0 unspecified atom stereocenters. The van der Waals surface area contributed by atoms with Crippen LogP contribution in [0.1, 0.15) is 5.56 Å². The quantitative estimate of drug-likeness (QED) is 0.193. The summed E-state index contributed by atoms with van der Waals surface area (Å²) in [7, 11) is 0. The van der Waals surface area contributed by atoms with Crippen LogP contribution in [0.2, 0.25) is 0 Å². The molecule has 5 aromatic rings. The second-order valence-corrected chi connectivity index (χ2v) is 7.29. The van der Waals surface area contributed by atoms with E-state index in [0.29, 0.717) is 0 Å². The first-order chi connectivity index (χ1) is 12.8. The molecule has 0 saturated carbocycles. The van der Waals surface area contributed by atoms with Gasteiger partial charge in [-0.1, -0.05) is 66.7 Å². The molecule has 26 heavy (non-hydrogen) atoms. The summed E-state index contributed by atoms with van der Waals surface area (Å²) in [5.41, 5.74) is 2.18. The molecule has 0 fully saturated rings. The molecule has 5 rings (SSSR count). The van der Waals surface area contributed by atoms with Gasteiger partial charge in [-0.2, -0.15) is 0 Å². The summed E-state index contributed by atoms with van der Waals surface area (Å²) in [5.74, 6) is 0. The first kappa shape index (κ1) is 15.4. The van der Waals surface area contributed by atoms with Gasteiger partial charge < -0.3 is 0 Å². The fourth-order valence-electron chi connectivity index (χ4n) is 3.74. The average molecular weight is 351 g/mol. The Balaban J connectivity index is 1.75. The Kier molecular flexibility index (Phi) is 3.65. The number of thioether (sulfide) groups is 1. The summed E-state index contributed by atoms with van der Waals surface area (Å²) < 4.78 is 0. The standard InChI is InChI=1S/C24H17NS/c1-26-22-8-3-2-5-19(22)15-25-21-14-12-18-10-9-16-6-4-7-17-11-13-20(21)24(18)23(16)17/h2-15H,1H3. The second kappa shape index (κ2) is 6.15. The van der Waals surface area contributed by atoms with E-state index in [-0.39, 0.29) is 0 Å². The molecule has 0 radical (unpaired) electrons. The van der Waals surface area contributed by atoms with E-state index >= 15 is 0 Å². The molecule has 0 N–H and O–H groups in total. The van der Waals surface area contributed by atoms with Crippen molar-refractivity contribution in [3.8, 4) is 0 Å². The van der Waals surface area contributed by atoms with Crippen molar-refractivity contribution >= 4 is 56.0 Å². The Hall–Kier alpha value is -2.84. The fourth-order valence-corrected chi connectivity index (χ4v) is 4.32. The first-order valence-corrected chi connectivity index (χ1v) is 9.91. The third kappa shape index (κ3) is 2.38. The summed E-state index contributed by atoms with van der Waals surface area (Å²) in [6.45, 7) is 0. The van der Waals surface area contributed by atoms with Gasteiger partial charge in [0.1, 0.15) is 0 Å². The molecule has 0 atom stereocenters. The van der Waals surface area contributed by atoms with E-state index in [0.717, 1.165) is 11.3 Å². The van der Waals surface area contributed by atoms with Gasteiger partial charge in [0, 0.05) is 22.1 Å². The molecule has 0 saturated heterocycles. The van der Waals surface area contributed by atoms with Crippen molar-refractivity contribution in [1.29, 1.82) is 0 Å². The number of nitrogens with zero attached hydrogens (tertiary/aromatic N) is 1. The van der Waals surface area contributed by atoms with E-state index in [9.17, 15) is 0 Å². The number of rotatable bonds is 3. The van der Waals surface area contributed by atoms with Crippen molar-refractivity contribution in [2.45, 2.75) is 4.90 Å². The van der Waals surface area contributed by atoms with Crippen LogP contribution in [0, 0.1) is 0 Å². The average Bonchev–Trinajstić information content (AvgIpc) is 2.71. The van der Waals surface area contributed by atoms with Gasteiger partial charge in [-0.3, -0.25) is 4.99 Å². The molecule has 124 valence electrons. The molecule has 5 aromatic carbocycles. The Bertz CT molecular complexity index is 1250. The number of benzene rings is 5. The van der Waals surface area contributed by atoms with E-state index in [4.69, 9.17) is 4.99 Å². The van der Waals surface area contributed by atoms with Crippen molar-refractivity contribution in [2.24, 2.45) is 4.99 Å². The predicted molar refractivity (Wildman–Crippen MR) is 116 cm³/mol. The monoisotopic (exact) mass is 351 g/mol. The highest BCUT2D eigenvalue weighted by Gasteiger charge is 2.10. The lowest BCUT2D eigenvalue weighted by Crippen LogP contribution is -1.86. The van der Waals surface area contributed by atoms with Gasteiger partial charge in [0.15, 0.2) is 0 Å². The van der Waals surface area contributed by atoms with Crippen LogP contribution >= 0.6 is 11.8 Å². The van der Waals surface area contributed by atoms with Crippen LogP contribution in [0.4, 0.5) is 5.69 Å². The molecular formula is C24H17NS. The highest BCUT2D eigenvalue weighted by atomic mass is 32.2. The van der Waals surface area contributed by atoms with E-state index < -0.39 is 0 Å². The van der Waals surface area contributed by atoms with Crippen molar-refractivity contribution < 1.29 is 0 Å². The molecule has 0 bridgehead atoms. The Morgan fingerprint density at radius 3 is 2.19 bits per heavy atom. The number of hydrogen-bond acceptors (Lipinski definition) is 2. The third-order valence-corrected chi connectivity index (χ3v) is 5.80. The SMILES string of the molecule is CSc1ccccc1C=Nc1ccc2ccc3cccc4ccc1c2c34. The van der Waals surface area contributed by atoms with E-state index in [1.165, 1.54) is 37.2 Å². The summed E-state index contributed by atoms with van der Waals surface area (Å²) in [6, 6.07) is 28.0. The molecule has 1 nitrogen and oxygen atoms in total. The summed E-state index contributed by atoms with van der Waals surface area (Å²) in [4.78, 5) is 6.10. The zero-order valence-corrected chi connectivity index (χ0v) is 15.3. The maximum absolute atomic E-state index is 4.85. The molecule has 0 amide bonds. The number of hydrogen-bond donors (Lipinski definition) is 0. The van der Waals surface area contributed by atoms with Crippen LogP contribution < -0.4 is 0 Å². The van der Waals surface area contributed by atoms with Gasteiger partial charge in [0.2, 0.25) is 0 Å². The van der Waals surface area contributed by atoms with Gasteiger partial charge in [-0.15, -0.1) is 11.8 Å². The largest absolute Gasteiger partial charge is 0.256 e. The van der Waals surface area contributed by atoms with Crippen LogP contribution in [0.3, 0.4) is 0 Å². The maximum atomic E-state index is 4.85. The maximum Gasteiger partial charge on any atom is 0.0708 e. The fraction of sp³-hybridized carbons (Fsp3) is 0.0417. The molecule has 0 heterocycles. The number of aliphatic imine (C=N–C) groups is 1. The van der Waals surface area contributed by atoms with Crippen molar-refractivity contribution in [1.82, 2.24) is 0 Å².